The van der Waals surface area contributed by atoms with Crippen LogP contribution in [0.3, 0.4) is 0 Å². The molecule has 2 heterocycles. The highest BCUT2D eigenvalue weighted by Gasteiger charge is 2.22. The average Bonchev–Trinajstić information content (AvgIpc) is 2.95. The molecule has 2 aromatic rings. The third-order valence-electron chi connectivity index (χ3n) is 3.67. The highest BCUT2D eigenvalue weighted by Crippen LogP contribution is 2.24. The molecule has 104 valence electrons. The summed E-state index contributed by atoms with van der Waals surface area (Å²) in [5, 5.41) is 10.7. The van der Waals surface area contributed by atoms with Gasteiger partial charge in [-0.1, -0.05) is 0 Å². The van der Waals surface area contributed by atoms with Crippen LogP contribution < -0.4 is 10.6 Å². The van der Waals surface area contributed by atoms with E-state index in [2.05, 4.69) is 14.9 Å². The van der Waals surface area contributed by atoms with Gasteiger partial charge in [0, 0.05) is 25.2 Å². The number of hydrogen-bond donors (Lipinski definition) is 1. The van der Waals surface area contributed by atoms with E-state index in [-0.39, 0.29) is 5.69 Å². The minimum Gasteiger partial charge on any atom is -0.355 e. The molecule has 0 unspecified atom stereocenters. The zero-order valence-electron chi connectivity index (χ0n) is 10.9. The van der Waals surface area contributed by atoms with Gasteiger partial charge in [-0.05, 0) is 24.9 Å². The average molecular weight is 273 g/mol. The normalized spacial score (nSPS) is 18.6. The van der Waals surface area contributed by atoms with Gasteiger partial charge in [0.15, 0.2) is 0 Å². The number of nitro groups is 1. The Labute approximate surface area is 115 Å². The number of aromatic nitrogens is 2. The maximum atomic E-state index is 10.7. The predicted molar refractivity (Wildman–Crippen MR) is 75.6 cm³/mol. The first-order valence-corrected chi connectivity index (χ1v) is 6.53. The van der Waals surface area contributed by atoms with Gasteiger partial charge in [0.25, 0.3) is 5.69 Å². The van der Waals surface area contributed by atoms with Gasteiger partial charge in [-0.25, -0.2) is 4.98 Å². The molecule has 0 bridgehead atoms. The number of nitrogens with two attached hydrogens (primary N) is 1. The number of nitrogens with zero attached hydrogens (tertiary/aromatic N) is 4. The van der Waals surface area contributed by atoms with E-state index in [1.54, 1.807) is 12.3 Å². The van der Waals surface area contributed by atoms with Crippen LogP contribution in [-0.2, 0) is 0 Å². The molecule has 2 N–H and O–H groups in total. The van der Waals surface area contributed by atoms with Gasteiger partial charge in [0.1, 0.15) is 5.82 Å². The number of rotatable bonds is 3. The quantitative estimate of drug-likeness (QED) is 0.669. The molecule has 3 rings (SSSR count). The summed E-state index contributed by atoms with van der Waals surface area (Å²) in [6, 6.07) is 4.53. The zero-order chi connectivity index (χ0) is 14.1. The molecule has 0 amide bonds. The number of anilines is 1. The highest BCUT2D eigenvalue weighted by atomic mass is 16.6. The molecule has 7 nitrogen and oxygen atoms in total. The van der Waals surface area contributed by atoms with Gasteiger partial charge in [0.2, 0.25) is 0 Å². The predicted octanol–water partition coefficient (Wildman–Crippen LogP) is 1.32. The second-order valence-corrected chi connectivity index (χ2v) is 4.99. The summed E-state index contributed by atoms with van der Waals surface area (Å²) in [4.78, 5) is 21.3. The number of benzene rings is 1. The molecule has 1 atom stereocenters. The van der Waals surface area contributed by atoms with Crippen LogP contribution in [0.5, 0.6) is 0 Å². The fourth-order valence-electron chi connectivity index (χ4n) is 2.49. The Bertz CT molecular complexity index is 660. The number of nitro benzene ring substituents is 1. The van der Waals surface area contributed by atoms with E-state index in [0.29, 0.717) is 23.5 Å². The summed E-state index contributed by atoms with van der Waals surface area (Å²) in [5.41, 5.74) is 6.92. The zero-order valence-corrected chi connectivity index (χ0v) is 10.9. The minimum atomic E-state index is -0.429. The van der Waals surface area contributed by atoms with Crippen LogP contribution >= 0.6 is 0 Å². The molecule has 20 heavy (non-hydrogen) atoms. The third kappa shape index (κ3) is 2.27. The molecule has 7 heteroatoms. The van der Waals surface area contributed by atoms with E-state index in [1.165, 1.54) is 12.1 Å². The number of hydrogen-bond acceptors (Lipinski definition) is 6. The fraction of sp³-hybridized carbons (Fsp3) is 0.385. The molecule has 1 fully saturated rings. The summed E-state index contributed by atoms with van der Waals surface area (Å²) < 4.78 is 0. The Morgan fingerprint density at radius 3 is 3.00 bits per heavy atom. The van der Waals surface area contributed by atoms with Crippen LogP contribution in [0, 0.1) is 16.0 Å². The van der Waals surface area contributed by atoms with E-state index in [1.807, 2.05) is 0 Å². The Hall–Kier alpha value is -2.28. The Kier molecular flexibility index (Phi) is 3.19. The largest absolute Gasteiger partial charge is 0.355 e. The lowest BCUT2D eigenvalue weighted by Gasteiger charge is -2.17. The molecule has 0 saturated carbocycles. The van der Waals surface area contributed by atoms with Crippen LogP contribution in [0.25, 0.3) is 11.0 Å². The standard InChI is InChI=1S/C13H15N5O2/c14-6-9-3-4-17(8-9)13-7-15-12-5-10(18(19)20)1-2-11(12)16-13/h1-2,5,7,9H,3-4,6,8,14H2/t9-/m1/s1. The van der Waals surface area contributed by atoms with Gasteiger partial charge >= 0.3 is 0 Å². The Morgan fingerprint density at radius 2 is 2.30 bits per heavy atom. The van der Waals surface area contributed by atoms with Crippen molar-refractivity contribution in [2.24, 2.45) is 11.7 Å². The maximum absolute atomic E-state index is 10.7. The lowest BCUT2D eigenvalue weighted by Crippen LogP contribution is -2.23. The van der Waals surface area contributed by atoms with Crippen molar-refractivity contribution < 1.29 is 4.92 Å². The van der Waals surface area contributed by atoms with Crippen molar-refractivity contribution >= 4 is 22.5 Å². The van der Waals surface area contributed by atoms with E-state index in [4.69, 9.17) is 5.73 Å². The van der Waals surface area contributed by atoms with Gasteiger partial charge < -0.3 is 10.6 Å². The summed E-state index contributed by atoms with van der Waals surface area (Å²) in [5.74, 6) is 1.31. The fourth-order valence-corrected chi connectivity index (χ4v) is 2.49. The van der Waals surface area contributed by atoms with Crippen molar-refractivity contribution in [2.45, 2.75) is 6.42 Å². The van der Waals surface area contributed by atoms with Crippen LogP contribution in [0.15, 0.2) is 24.4 Å². The van der Waals surface area contributed by atoms with Crippen molar-refractivity contribution in [1.82, 2.24) is 9.97 Å². The van der Waals surface area contributed by atoms with Crippen LogP contribution in [0.4, 0.5) is 11.5 Å². The molecule has 1 aromatic heterocycles. The van der Waals surface area contributed by atoms with E-state index >= 15 is 0 Å². The van der Waals surface area contributed by atoms with E-state index in [0.717, 1.165) is 25.3 Å². The molecule has 0 aliphatic carbocycles. The van der Waals surface area contributed by atoms with Gasteiger partial charge in [0.05, 0.1) is 22.2 Å². The van der Waals surface area contributed by atoms with Crippen molar-refractivity contribution in [3.05, 3.63) is 34.5 Å². The number of non-ortho nitro benzene ring substituents is 1. The van der Waals surface area contributed by atoms with E-state index < -0.39 is 4.92 Å². The SMILES string of the molecule is NC[C@H]1CCN(c2cnc3cc([N+](=O)[O-])ccc3n2)C1. The molecular weight excluding hydrogens is 258 g/mol. The number of fused-ring (bicyclic) bond motifs is 1. The van der Waals surface area contributed by atoms with Gasteiger partial charge in [-0.2, -0.15) is 0 Å². The second-order valence-electron chi connectivity index (χ2n) is 4.99. The van der Waals surface area contributed by atoms with Crippen molar-refractivity contribution in [3.63, 3.8) is 0 Å². The first-order chi connectivity index (χ1) is 9.67. The van der Waals surface area contributed by atoms with Gasteiger partial charge in [-0.3, -0.25) is 15.1 Å². The first kappa shape index (κ1) is 12.7. The minimum absolute atomic E-state index is 0.0314. The lowest BCUT2D eigenvalue weighted by molar-refractivity contribution is -0.384. The molecule has 1 aliphatic heterocycles. The van der Waals surface area contributed by atoms with Crippen LogP contribution in [0.2, 0.25) is 0 Å². The summed E-state index contributed by atoms with van der Waals surface area (Å²) in [6.45, 7) is 2.50. The highest BCUT2D eigenvalue weighted by molar-refractivity contribution is 5.78. The Morgan fingerprint density at radius 1 is 1.45 bits per heavy atom. The molecule has 0 radical (unpaired) electrons. The summed E-state index contributed by atoms with van der Waals surface area (Å²) in [7, 11) is 0. The summed E-state index contributed by atoms with van der Waals surface area (Å²) in [6.07, 6.45) is 2.74. The van der Waals surface area contributed by atoms with Crippen molar-refractivity contribution in [3.8, 4) is 0 Å². The first-order valence-electron chi connectivity index (χ1n) is 6.53. The molecular formula is C13H15N5O2. The Balaban J connectivity index is 1.91. The smallest absolute Gasteiger partial charge is 0.271 e. The maximum Gasteiger partial charge on any atom is 0.271 e. The van der Waals surface area contributed by atoms with E-state index in [9.17, 15) is 10.1 Å². The molecule has 1 aromatic carbocycles. The second kappa shape index (κ2) is 5.01. The lowest BCUT2D eigenvalue weighted by atomic mass is 10.1. The third-order valence-corrected chi connectivity index (χ3v) is 3.67. The topological polar surface area (TPSA) is 98.2 Å². The van der Waals surface area contributed by atoms with Gasteiger partial charge in [-0.15, -0.1) is 0 Å². The molecule has 1 saturated heterocycles. The molecule has 0 spiro atoms. The monoisotopic (exact) mass is 273 g/mol. The van der Waals surface area contributed by atoms with Crippen LogP contribution in [-0.4, -0.2) is 34.5 Å². The molecule has 1 aliphatic rings. The van der Waals surface area contributed by atoms with Crippen molar-refractivity contribution in [1.29, 1.82) is 0 Å². The van der Waals surface area contributed by atoms with Crippen molar-refractivity contribution in [2.75, 3.05) is 24.5 Å². The van der Waals surface area contributed by atoms with Crippen LogP contribution in [0.1, 0.15) is 6.42 Å². The summed E-state index contributed by atoms with van der Waals surface area (Å²) >= 11 is 0.